The summed E-state index contributed by atoms with van der Waals surface area (Å²) in [6.07, 6.45) is 5.31. The predicted octanol–water partition coefficient (Wildman–Crippen LogP) is 1.45. The number of hydrogen-bond donors (Lipinski definition) is 1. The van der Waals surface area contributed by atoms with Crippen LogP contribution in [0.4, 0.5) is 4.79 Å². The molecule has 4 amide bonds. The molecule has 0 spiro atoms. The molecule has 0 aromatic heterocycles. The van der Waals surface area contributed by atoms with Gasteiger partial charge in [0.15, 0.2) is 0 Å². The van der Waals surface area contributed by atoms with Crippen molar-refractivity contribution in [3.63, 3.8) is 0 Å². The molecule has 2 aliphatic carbocycles. The Balaban J connectivity index is 1.25. The molecule has 1 N–H and O–H groups in total. The van der Waals surface area contributed by atoms with Crippen molar-refractivity contribution in [2.45, 2.75) is 44.6 Å². The lowest BCUT2D eigenvalue weighted by molar-refractivity contribution is -0.137. The van der Waals surface area contributed by atoms with Crippen molar-refractivity contribution in [3.8, 4) is 0 Å². The van der Waals surface area contributed by atoms with Crippen LogP contribution < -0.4 is 5.32 Å². The van der Waals surface area contributed by atoms with Crippen LogP contribution in [0.3, 0.4) is 0 Å². The summed E-state index contributed by atoms with van der Waals surface area (Å²) in [6, 6.07) is 5.83. The van der Waals surface area contributed by atoms with E-state index in [1.54, 1.807) is 6.92 Å². The molecular weight excluding hydrogens is 368 g/mol. The Kier molecular flexibility index (Phi) is 4.38. The van der Waals surface area contributed by atoms with Gasteiger partial charge in [-0.15, -0.1) is 0 Å². The second-order valence-corrected chi connectivity index (χ2v) is 8.98. The van der Waals surface area contributed by atoms with Crippen LogP contribution in [0.1, 0.15) is 42.9 Å². The van der Waals surface area contributed by atoms with Crippen molar-refractivity contribution in [1.29, 1.82) is 0 Å². The van der Waals surface area contributed by atoms with Crippen molar-refractivity contribution in [3.05, 3.63) is 34.9 Å². The number of nitrogens with zero attached hydrogens (tertiary/aromatic N) is 3. The number of piperazine rings is 1. The summed E-state index contributed by atoms with van der Waals surface area (Å²) in [5, 5.41) is 2.92. The minimum absolute atomic E-state index is 0.197. The molecular formula is C22H28N4O3. The third kappa shape index (κ3) is 3.21. The highest BCUT2D eigenvalue weighted by atomic mass is 16.2. The lowest BCUT2D eigenvalue weighted by atomic mass is 9.90. The fraction of sp³-hybridized carbons (Fsp3) is 0.591. The van der Waals surface area contributed by atoms with Gasteiger partial charge in [0.25, 0.3) is 5.91 Å². The van der Waals surface area contributed by atoms with E-state index < -0.39 is 5.54 Å². The molecule has 0 unspecified atom stereocenters. The Hall–Kier alpha value is -2.41. The average Bonchev–Trinajstić information content (AvgIpc) is 3.43. The molecule has 7 nitrogen and oxygen atoms in total. The highest BCUT2D eigenvalue weighted by Gasteiger charge is 2.49. The zero-order valence-electron chi connectivity index (χ0n) is 16.9. The van der Waals surface area contributed by atoms with Gasteiger partial charge in [-0.05, 0) is 55.7 Å². The predicted molar refractivity (Wildman–Crippen MR) is 107 cm³/mol. The van der Waals surface area contributed by atoms with E-state index in [-0.39, 0.29) is 30.4 Å². The zero-order valence-corrected chi connectivity index (χ0v) is 16.9. The second kappa shape index (κ2) is 6.83. The number of benzene rings is 1. The number of carbonyl (C=O) groups excluding carboxylic acids is 3. The van der Waals surface area contributed by atoms with Gasteiger partial charge in [0.05, 0.1) is 6.67 Å². The van der Waals surface area contributed by atoms with Crippen LogP contribution in [0.5, 0.6) is 0 Å². The number of aryl methyl sites for hydroxylation is 2. The molecule has 2 heterocycles. The van der Waals surface area contributed by atoms with Crippen molar-refractivity contribution < 1.29 is 14.4 Å². The van der Waals surface area contributed by atoms with Crippen LogP contribution in [0.15, 0.2) is 18.2 Å². The van der Waals surface area contributed by atoms with Crippen LogP contribution in [0.2, 0.25) is 0 Å². The molecule has 1 saturated carbocycles. The number of amides is 4. The Morgan fingerprint density at radius 3 is 2.55 bits per heavy atom. The molecule has 5 rings (SSSR count). The number of fused-ring (bicyclic) bond motifs is 1. The SMILES string of the molecule is C[C@]1(c2ccc3c(c2)CCC3)NC(=O)N(CN2CCN(C(=O)C3CC3)CC2)C1=O. The van der Waals surface area contributed by atoms with Gasteiger partial charge in [0.1, 0.15) is 5.54 Å². The maximum absolute atomic E-state index is 13.2. The fourth-order valence-electron chi connectivity index (χ4n) is 4.80. The first-order valence-corrected chi connectivity index (χ1v) is 10.7. The quantitative estimate of drug-likeness (QED) is 0.782. The number of imide groups is 1. The van der Waals surface area contributed by atoms with E-state index in [1.807, 2.05) is 11.0 Å². The maximum Gasteiger partial charge on any atom is 0.326 e. The molecule has 29 heavy (non-hydrogen) atoms. The first-order valence-electron chi connectivity index (χ1n) is 10.7. The number of rotatable bonds is 4. The summed E-state index contributed by atoms with van der Waals surface area (Å²) in [5.41, 5.74) is 2.49. The monoisotopic (exact) mass is 396 g/mol. The molecule has 4 aliphatic rings. The zero-order chi connectivity index (χ0) is 20.2. The summed E-state index contributed by atoms with van der Waals surface area (Å²) >= 11 is 0. The van der Waals surface area contributed by atoms with Crippen LogP contribution >= 0.6 is 0 Å². The van der Waals surface area contributed by atoms with Crippen LogP contribution in [-0.2, 0) is 28.0 Å². The molecule has 0 radical (unpaired) electrons. The van der Waals surface area contributed by atoms with E-state index in [1.165, 1.54) is 16.0 Å². The maximum atomic E-state index is 13.2. The molecule has 7 heteroatoms. The van der Waals surface area contributed by atoms with Gasteiger partial charge in [-0.3, -0.25) is 14.5 Å². The van der Waals surface area contributed by atoms with Crippen LogP contribution in [0, 0.1) is 5.92 Å². The van der Waals surface area contributed by atoms with Gasteiger partial charge >= 0.3 is 6.03 Å². The Morgan fingerprint density at radius 1 is 1.10 bits per heavy atom. The van der Waals surface area contributed by atoms with E-state index in [4.69, 9.17) is 0 Å². The molecule has 0 bridgehead atoms. The highest BCUT2D eigenvalue weighted by molar-refractivity contribution is 6.07. The number of hydrogen-bond acceptors (Lipinski definition) is 4. The summed E-state index contributed by atoms with van der Waals surface area (Å²) in [4.78, 5) is 43.4. The Labute approximate surface area is 171 Å². The molecule has 3 fully saturated rings. The van der Waals surface area contributed by atoms with Crippen molar-refractivity contribution in [1.82, 2.24) is 20.0 Å². The summed E-state index contributed by atoms with van der Waals surface area (Å²) in [5.74, 6) is 0.307. The topological polar surface area (TPSA) is 73.0 Å². The third-order valence-corrected chi connectivity index (χ3v) is 6.90. The van der Waals surface area contributed by atoms with Gasteiger partial charge in [0, 0.05) is 32.1 Å². The standard InChI is InChI=1S/C22H28N4O3/c1-22(18-8-7-15-3-2-4-17(15)13-18)20(28)26(21(29)23-22)14-24-9-11-25(12-10-24)19(27)16-5-6-16/h7-8,13,16H,2-6,9-12,14H2,1H3,(H,23,29)/t22-/m1/s1. The normalized spacial score (nSPS) is 27.3. The largest absolute Gasteiger partial charge is 0.340 e. The lowest BCUT2D eigenvalue weighted by Crippen LogP contribution is -2.53. The van der Waals surface area contributed by atoms with Gasteiger partial charge in [0.2, 0.25) is 5.91 Å². The number of nitrogens with one attached hydrogen (secondary N) is 1. The van der Waals surface area contributed by atoms with Gasteiger partial charge < -0.3 is 10.2 Å². The van der Waals surface area contributed by atoms with E-state index >= 15 is 0 Å². The molecule has 1 atom stereocenters. The first-order chi connectivity index (χ1) is 14.0. The smallest absolute Gasteiger partial charge is 0.326 e. The fourth-order valence-corrected chi connectivity index (χ4v) is 4.80. The van der Waals surface area contributed by atoms with Crippen LogP contribution in [-0.4, -0.2) is 65.4 Å². The second-order valence-electron chi connectivity index (χ2n) is 8.98. The average molecular weight is 396 g/mol. The highest BCUT2D eigenvalue weighted by Crippen LogP contribution is 2.33. The van der Waals surface area contributed by atoms with Gasteiger partial charge in [-0.1, -0.05) is 18.2 Å². The Bertz CT molecular complexity index is 873. The first kappa shape index (κ1) is 18.6. The van der Waals surface area contributed by atoms with Gasteiger partial charge in [-0.25, -0.2) is 9.69 Å². The Morgan fingerprint density at radius 2 is 1.83 bits per heavy atom. The lowest BCUT2D eigenvalue weighted by Gasteiger charge is -2.36. The molecule has 2 saturated heterocycles. The van der Waals surface area contributed by atoms with E-state index in [0.717, 1.165) is 37.7 Å². The molecule has 2 aliphatic heterocycles. The minimum atomic E-state index is -1.02. The van der Waals surface area contributed by atoms with Crippen molar-refractivity contribution >= 4 is 17.8 Å². The van der Waals surface area contributed by atoms with Crippen molar-refractivity contribution in [2.75, 3.05) is 32.8 Å². The third-order valence-electron chi connectivity index (χ3n) is 6.90. The van der Waals surface area contributed by atoms with Crippen LogP contribution in [0.25, 0.3) is 0 Å². The minimum Gasteiger partial charge on any atom is -0.340 e. The van der Waals surface area contributed by atoms with E-state index in [2.05, 4.69) is 22.3 Å². The van der Waals surface area contributed by atoms with E-state index in [9.17, 15) is 14.4 Å². The number of carbonyl (C=O) groups is 3. The summed E-state index contributed by atoms with van der Waals surface area (Å²) in [7, 11) is 0. The molecule has 1 aromatic carbocycles. The van der Waals surface area contributed by atoms with E-state index in [0.29, 0.717) is 26.2 Å². The van der Waals surface area contributed by atoms with Gasteiger partial charge in [-0.2, -0.15) is 0 Å². The summed E-state index contributed by atoms with van der Waals surface area (Å²) < 4.78 is 0. The summed E-state index contributed by atoms with van der Waals surface area (Å²) in [6.45, 7) is 4.78. The van der Waals surface area contributed by atoms with Crippen molar-refractivity contribution in [2.24, 2.45) is 5.92 Å². The molecule has 1 aromatic rings. The molecule has 154 valence electrons. The number of urea groups is 1.